The first-order chi connectivity index (χ1) is 9.62. The van der Waals surface area contributed by atoms with Gasteiger partial charge in [-0.15, -0.1) is 0 Å². The van der Waals surface area contributed by atoms with Crippen LogP contribution in [0.25, 0.3) is 0 Å². The predicted octanol–water partition coefficient (Wildman–Crippen LogP) is 2.62. The highest BCUT2D eigenvalue weighted by Crippen LogP contribution is 2.19. The van der Waals surface area contributed by atoms with Gasteiger partial charge < -0.3 is 4.74 Å². The van der Waals surface area contributed by atoms with Crippen molar-refractivity contribution in [2.24, 2.45) is 0 Å². The molecule has 5 nitrogen and oxygen atoms in total. The SMILES string of the molecule is CCOc1ccc(NS(=O)(=O)N2CCCCCC2)cc1. The van der Waals surface area contributed by atoms with Gasteiger partial charge in [0, 0.05) is 13.1 Å². The maximum absolute atomic E-state index is 12.3. The summed E-state index contributed by atoms with van der Waals surface area (Å²) in [4.78, 5) is 0. The molecule has 1 aromatic rings. The van der Waals surface area contributed by atoms with Gasteiger partial charge >= 0.3 is 10.2 Å². The molecule has 20 heavy (non-hydrogen) atoms. The Morgan fingerprint density at radius 2 is 1.70 bits per heavy atom. The molecule has 0 atom stereocenters. The molecule has 1 aliphatic heterocycles. The van der Waals surface area contributed by atoms with Gasteiger partial charge in [0.05, 0.1) is 12.3 Å². The molecule has 1 aliphatic rings. The molecule has 2 rings (SSSR count). The van der Waals surface area contributed by atoms with Crippen LogP contribution in [-0.2, 0) is 10.2 Å². The van der Waals surface area contributed by atoms with Gasteiger partial charge in [0.1, 0.15) is 5.75 Å². The maximum Gasteiger partial charge on any atom is 0.301 e. The third-order valence-electron chi connectivity index (χ3n) is 3.32. The predicted molar refractivity (Wildman–Crippen MR) is 80.2 cm³/mol. The molecule has 0 aliphatic carbocycles. The summed E-state index contributed by atoms with van der Waals surface area (Å²) in [5.41, 5.74) is 0.567. The highest BCUT2D eigenvalue weighted by molar-refractivity contribution is 7.90. The van der Waals surface area contributed by atoms with Crippen molar-refractivity contribution in [1.29, 1.82) is 0 Å². The lowest BCUT2D eigenvalue weighted by atomic mass is 10.2. The Morgan fingerprint density at radius 1 is 1.10 bits per heavy atom. The zero-order valence-corrected chi connectivity index (χ0v) is 12.7. The van der Waals surface area contributed by atoms with Crippen molar-refractivity contribution >= 4 is 15.9 Å². The molecular weight excluding hydrogens is 276 g/mol. The van der Waals surface area contributed by atoms with Gasteiger partial charge in [0.2, 0.25) is 0 Å². The molecule has 6 heteroatoms. The second kappa shape index (κ2) is 6.95. The molecule has 1 fully saturated rings. The van der Waals surface area contributed by atoms with E-state index in [-0.39, 0.29) is 0 Å². The molecule has 112 valence electrons. The smallest absolute Gasteiger partial charge is 0.301 e. The van der Waals surface area contributed by atoms with E-state index in [4.69, 9.17) is 4.74 Å². The van der Waals surface area contributed by atoms with Crippen molar-refractivity contribution in [2.75, 3.05) is 24.4 Å². The molecule has 1 saturated heterocycles. The van der Waals surface area contributed by atoms with Crippen molar-refractivity contribution in [3.05, 3.63) is 24.3 Å². The summed E-state index contributed by atoms with van der Waals surface area (Å²) in [5, 5.41) is 0. The monoisotopic (exact) mass is 298 g/mol. The molecule has 0 saturated carbocycles. The minimum atomic E-state index is -3.44. The minimum Gasteiger partial charge on any atom is -0.494 e. The number of benzene rings is 1. The summed E-state index contributed by atoms with van der Waals surface area (Å²) >= 11 is 0. The van der Waals surface area contributed by atoms with Crippen molar-refractivity contribution in [1.82, 2.24) is 4.31 Å². The number of hydrogen-bond donors (Lipinski definition) is 1. The lowest BCUT2D eigenvalue weighted by Crippen LogP contribution is -2.36. The molecule has 1 heterocycles. The first-order valence-corrected chi connectivity index (χ1v) is 8.56. The van der Waals surface area contributed by atoms with Crippen LogP contribution >= 0.6 is 0 Å². The summed E-state index contributed by atoms with van der Waals surface area (Å²) in [5.74, 6) is 0.741. The van der Waals surface area contributed by atoms with Crippen LogP contribution < -0.4 is 9.46 Å². The number of nitrogens with one attached hydrogen (secondary N) is 1. The van der Waals surface area contributed by atoms with Crippen LogP contribution in [0.2, 0.25) is 0 Å². The van der Waals surface area contributed by atoms with E-state index in [0.717, 1.165) is 31.4 Å². The summed E-state index contributed by atoms with van der Waals surface area (Å²) < 4.78 is 34.1. The molecule has 0 amide bonds. The average Bonchev–Trinajstić information content (AvgIpc) is 2.70. The molecule has 1 N–H and O–H groups in total. The quantitative estimate of drug-likeness (QED) is 0.909. The van der Waals surface area contributed by atoms with Gasteiger partial charge in [-0.25, -0.2) is 0 Å². The molecule has 0 spiro atoms. The molecular formula is C14H22N2O3S. The third-order valence-corrected chi connectivity index (χ3v) is 4.86. The fourth-order valence-corrected chi connectivity index (χ4v) is 3.58. The first kappa shape index (κ1) is 15.1. The van der Waals surface area contributed by atoms with Gasteiger partial charge in [-0.1, -0.05) is 12.8 Å². The Bertz CT molecular complexity index is 506. The highest BCUT2D eigenvalue weighted by atomic mass is 32.2. The van der Waals surface area contributed by atoms with Crippen molar-refractivity contribution < 1.29 is 13.2 Å². The fourth-order valence-electron chi connectivity index (χ4n) is 2.28. The van der Waals surface area contributed by atoms with Crippen LogP contribution in [0.15, 0.2) is 24.3 Å². The van der Waals surface area contributed by atoms with Gasteiger partial charge in [0.25, 0.3) is 0 Å². The lowest BCUT2D eigenvalue weighted by Gasteiger charge is -2.20. The zero-order valence-electron chi connectivity index (χ0n) is 11.8. The Balaban J connectivity index is 2.03. The van der Waals surface area contributed by atoms with E-state index in [1.54, 1.807) is 24.3 Å². The lowest BCUT2D eigenvalue weighted by molar-refractivity contribution is 0.340. The summed E-state index contributed by atoms with van der Waals surface area (Å²) in [6, 6.07) is 6.98. The standard InChI is InChI=1S/C14H22N2O3S/c1-2-19-14-9-7-13(8-10-14)15-20(17,18)16-11-5-3-4-6-12-16/h7-10,15H,2-6,11-12H2,1H3. The van der Waals surface area contributed by atoms with Crippen molar-refractivity contribution in [2.45, 2.75) is 32.6 Å². The Labute approximate surface area is 121 Å². The van der Waals surface area contributed by atoms with Crippen LogP contribution in [0.5, 0.6) is 5.75 Å². The largest absolute Gasteiger partial charge is 0.494 e. The average molecular weight is 298 g/mol. The van der Waals surface area contributed by atoms with Crippen LogP contribution in [-0.4, -0.2) is 32.4 Å². The second-order valence-electron chi connectivity index (χ2n) is 4.88. The Morgan fingerprint density at radius 3 is 2.25 bits per heavy atom. The van der Waals surface area contributed by atoms with Gasteiger partial charge in [-0.05, 0) is 44.0 Å². The second-order valence-corrected chi connectivity index (χ2v) is 6.55. The van der Waals surface area contributed by atoms with Crippen molar-refractivity contribution in [3.63, 3.8) is 0 Å². The Hall–Kier alpha value is -1.27. The van der Waals surface area contributed by atoms with E-state index in [2.05, 4.69) is 4.72 Å². The number of nitrogens with zero attached hydrogens (tertiary/aromatic N) is 1. The maximum atomic E-state index is 12.3. The van der Waals surface area contributed by atoms with E-state index in [9.17, 15) is 8.42 Å². The van der Waals surface area contributed by atoms with E-state index in [1.165, 1.54) is 4.31 Å². The molecule has 0 radical (unpaired) electrons. The highest BCUT2D eigenvalue weighted by Gasteiger charge is 2.22. The van der Waals surface area contributed by atoms with E-state index in [0.29, 0.717) is 25.4 Å². The van der Waals surface area contributed by atoms with Crippen LogP contribution in [0, 0.1) is 0 Å². The normalized spacial score (nSPS) is 17.4. The molecule has 0 bridgehead atoms. The molecule has 1 aromatic carbocycles. The van der Waals surface area contributed by atoms with Gasteiger partial charge in [-0.3, -0.25) is 4.72 Å². The summed E-state index contributed by atoms with van der Waals surface area (Å²) in [7, 11) is -3.44. The first-order valence-electron chi connectivity index (χ1n) is 7.12. The van der Waals surface area contributed by atoms with Gasteiger partial charge in [0.15, 0.2) is 0 Å². The van der Waals surface area contributed by atoms with Gasteiger partial charge in [-0.2, -0.15) is 12.7 Å². The van der Waals surface area contributed by atoms with Crippen LogP contribution in [0.3, 0.4) is 0 Å². The summed E-state index contributed by atoms with van der Waals surface area (Å²) in [6.07, 6.45) is 4.08. The fraction of sp³-hybridized carbons (Fsp3) is 0.571. The van der Waals surface area contributed by atoms with E-state index in [1.807, 2.05) is 6.92 Å². The van der Waals surface area contributed by atoms with Crippen LogP contribution in [0.1, 0.15) is 32.6 Å². The van der Waals surface area contributed by atoms with E-state index >= 15 is 0 Å². The molecule has 0 unspecified atom stereocenters. The number of anilines is 1. The third kappa shape index (κ3) is 4.11. The topological polar surface area (TPSA) is 58.6 Å². The van der Waals surface area contributed by atoms with E-state index < -0.39 is 10.2 Å². The minimum absolute atomic E-state index is 0.567. The van der Waals surface area contributed by atoms with Crippen LogP contribution in [0.4, 0.5) is 5.69 Å². The number of hydrogen-bond acceptors (Lipinski definition) is 3. The summed E-state index contributed by atoms with van der Waals surface area (Å²) in [6.45, 7) is 3.72. The number of rotatable bonds is 5. The van der Waals surface area contributed by atoms with Crippen molar-refractivity contribution in [3.8, 4) is 5.75 Å². The molecule has 0 aromatic heterocycles. The Kier molecular flexibility index (Phi) is 5.25. The number of ether oxygens (including phenoxy) is 1. The zero-order chi connectivity index (χ0) is 14.4.